The number of hydrogen-bond donors (Lipinski definition) is 0. The molecule has 6 rings (SSSR count). The van der Waals surface area contributed by atoms with Crippen molar-refractivity contribution in [3.05, 3.63) is 121 Å². The Balaban J connectivity index is 1.44. The Morgan fingerprint density at radius 1 is 0.718 bits per heavy atom. The normalized spacial score (nSPS) is 20.8. The third kappa shape index (κ3) is 4.33. The molecule has 0 saturated carbocycles. The monoisotopic (exact) mass is 544 g/mol. The molecule has 10 heteroatoms. The molecule has 0 N–H and O–H groups in total. The molecule has 0 aliphatic carbocycles. The van der Waals surface area contributed by atoms with Gasteiger partial charge in [-0.3, -0.25) is 14.4 Å². The van der Waals surface area contributed by atoms with Crippen LogP contribution in [0.4, 0.5) is 15.8 Å². The summed E-state index contributed by atoms with van der Waals surface area (Å²) in [4.78, 5) is 34.3. The lowest BCUT2D eigenvalue weighted by atomic mass is 9.90. The molecular weight excluding hydrogens is 523 g/mol. The van der Waals surface area contributed by atoms with Crippen molar-refractivity contribution in [3.8, 4) is 5.75 Å². The number of carbonyl (C=O) groups is 2. The van der Waals surface area contributed by atoms with E-state index < -0.39 is 45.8 Å². The molecule has 0 unspecified atom stereocenters. The number of benzene rings is 4. The second-order valence-corrected chi connectivity index (χ2v) is 10.6. The van der Waals surface area contributed by atoms with Crippen molar-refractivity contribution in [1.82, 2.24) is 0 Å². The van der Waals surface area contributed by atoms with Crippen LogP contribution in [0.15, 0.2) is 114 Å². The molecule has 2 heterocycles. The van der Waals surface area contributed by atoms with Gasteiger partial charge in [-0.1, -0.05) is 54.6 Å². The van der Waals surface area contributed by atoms with Gasteiger partial charge in [0.1, 0.15) is 22.4 Å². The highest BCUT2D eigenvalue weighted by atomic mass is 32.2. The SMILES string of the molecule is O=C1[C@@H]2[C@H](ON(c3ccccc3)[C@H]2c2ccccc2OS(=O)(=O)c2ccccc2)C(=O)N1c1ccc(F)cc1. The minimum absolute atomic E-state index is 0.00276. The van der Waals surface area contributed by atoms with E-state index >= 15 is 0 Å². The third-order valence-corrected chi connectivity index (χ3v) is 7.93. The first-order valence-electron chi connectivity index (χ1n) is 12.1. The smallest absolute Gasteiger partial charge is 0.339 e. The van der Waals surface area contributed by atoms with Crippen LogP contribution < -0.4 is 14.1 Å². The second-order valence-electron chi connectivity index (χ2n) is 9.03. The van der Waals surface area contributed by atoms with Crippen LogP contribution in [0.5, 0.6) is 5.75 Å². The van der Waals surface area contributed by atoms with Crippen LogP contribution in [0, 0.1) is 11.7 Å². The standard InChI is InChI=1S/C29H21FN2O6S/c30-19-15-17-20(18-16-19)31-28(33)25-26(32(37-27(25)29(31)34)21-9-3-1-4-10-21)23-13-7-8-14-24(23)38-39(35,36)22-11-5-2-6-12-22/h1-18,25-27H/t25-,26-,27-/m0/s1. The number of imide groups is 1. The van der Waals surface area contributed by atoms with Crippen LogP contribution >= 0.6 is 0 Å². The number of hydroxylamine groups is 1. The van der Waals surface area contributed by atoms with Crippen molar-refractivity contribution in [2.45, 2.75) is 17.0 Å². The van der Waals surface area contributed by atoms with Gasteiger partial charge in [-0.05, 0) is 54.6 Å². The molecule has 3 atom stereocenters. The molecule has 2 fully saturated rings. The Labute approximate surface area is 223 Å². The number of amides is 2. The number of halogens is 1. The lowest BCUT2D eigenvalue weighted by Crippen LogP contribution is -2.37. The van der Waals surface area contributed by atoms with Gasteiger partial charge in [-0.2, -0.15) is 8.42 Å². The average Bonchev–Trinajstić information content (AvgIpc) is 3.46. The van der Waals surface area contributed by atoms with E-state index in [0.29, 0.717) is 11.3 Å². The zero-order valence-corrected chi connectivity index (χ0v) is 21.1. The summed E-state index contributed by atoms with van der Waals surface area (Å²) in [5.41, 5.74) is 1.12. The average molecular weight is 545 g/mol. The summed E-state index contributed by atoms with van der Waals surface area (Å²) in [6.45, 7) is 0. The van der Waals surface area contributed by atoms with Crippen molar-refractivity contribution >= 4 is 33.3 Å². The summed E-state index contributed by atoms with van der Waals surface area (Å²) < 4.78 is 45.3. The number of anilines is 2. The van der Waals surface area contributed by atoms with E-state index in [1.807, 2.05) is 6.07 Å². The Bertz CT molecular complexity index is 1650. The maximum Gasteiger partial charge on any atom is 0.339 e. The lowest BCUT2D eigenvalue weighted by Gasteiger charge is -2.29. The highest BCUT2D eigenvalue weighted by molar-refractivity contribution is 7.87. The molecule has 39 heavy (non-hydrogen) atoms. The van der Waals surface area contributed by atoms with Gasteiger partial charge in [0.15, 0.2) is 6.10 Å². The second kappa shape index (κ2) is 9.64. The van der Waals surface area contributed by atoms with Crippen molar-refractivity contribution < 1.29 is 31.4 Å². The fourth-order valence-electron chi connectivity index (χ4n) is 4.93. The highest BCUT2D eigenvalue weighted by Gasteiger charge is 2.60. The zero-order valence-electron chi connectivity index (χ0n) is 20.3. The van der Waals surface area contributed by atoms with E-state index in [9.17, 15) is 22.4 Å². The van der Waals surface area contributed by atoms with Crippen LogP contribution in [0.2, 0.25) is 0 Å². The number of carbonyl (C=O) groups excluding carboxylic acids is 2. The van der Waals surface area contributed by atoms with Gasteiger partial charge in [0.05, 0.1) is 17.4 Å². The molecule has 4 aromatic rings. The van der Waals surface area contributed by atoms with Crippen LogP contribution in [0.3, 0.4) is 0 Å². The van der Waals surface area contributed by atoms with E-state index in [0.717, 1.165) is 17.0 Å². The van der Waals surface area contributed by atoms with E-state index in [1.54, 1.807) is 60.7 Å². The summed E-state index contributed by atoms with van der Waals surface area (Å²) in [5, 5.41) is 1.45. The molecule has 2 aliphatic rings. The summed E-state index contributed by atoms with van der Waals surface area (Å²) in [6.07, 6.45) is -1.19. The van der Waals surface area contributed by atoms with Gasteiger partial charge >= 0.3 is 10.1 Å². The Hall–Kier alpha value is -4.54. The molecule has 196 valence electrons. The topological polar surface area (TPSA) is 93.2 Å². The first kappa shape index (κ1) is 24.8. The summed E-state index contributed by atoms with van der Waals surface area (Å²) in [7, 11) is -4.21. The quantitative estimate of drug-likeness (QED) is 0.258. The zero-order chi connectivity index (χ0) is 27.1. The predicted octanol–water partition coefficient (Wildman–Crippen LogP) is 4.64. The molecular formula is C29H21FN2O6S. The molecule has 0 radical (unpaired) electrons. The number of nitrogens with zero attached hydrogens (tertiary/aromatic N) is 2. The predicted molar refractivity (Wildman–Crippen MR) is 140 cm³/mol. The number of fused-ring (bicyclic) bond motifs is 1. The Kier molecular flexibility index (Phi) is 6.13. The maximum atomic E-state index is 13.8. The van der Waals surface area contributed by atoms with E-state index in [4.69, 9.17) is 9.02 Å². The van der Waals surface area contributed by atoms with Gasteiger partial charge in [0.25, 0.3) is 5.91 Å². The van der Waals surface area contributed by atoms with Gasteiger partial charge in [-0.25, -0.2) is 14.4 Å². The maximum absolute atomic E-state index is 13.8. The first-order chi connectivity index (χ1) is 18.8. The van der Waals surface area contributed by atoms with Gasteiger partial charge in [0.2, 0.25) is 5.91 Å². The Morgan fingerprint density at radius 3 is 2.03 bits per heavy atom. The first-order valence-corrected chi connectivity index (χ1v) is 13.5. The highest BCUT2D eigenvalue weighted by Crippen LogP contribution is 2.49. The fourth-order valence-corrected chi connectivity index (χ4v) is 5.90. The van der Waals surface area contributed by atoms with Crippen molar-refractivity contribution in [3.63, 3.8) is 0 Å². The third-order valence-electron chi connectivity index (χ3n) is 6.68. The number of para-hydroxylation sites is 2. The number of hydrogen-bond acceptors (Lipinski definition) is 7. The molecule has 2 aliphatic heterocycles. The molecule has 2 amide bonds. The number of rotatable bonds is 6. The van der Waals surface area contributed by atoms with Crippen molar-refractivity contribution in [2.24, 2.45) is 5.92 Å². The van der Waals surface area contributed by atoms with Crippen LogP contribution in [0.25, 0.3) is 0 Å². The largest absolute Gasteiger partial charge is 0.379 e. The van der Waals surface area contributed by atoms with Crippen LogP contribution in [0.1, 0.15) is 11.6 Å². The minimum atomic E-state index is -4.21. The van der Waals surface area contributed by atoms with E-state index in [2.05, 4.69) is 0 Å². The van der Waals surface area contributed by atoms with Crippen LogP contribution in [-0.2, 0) is 24.5 Å². The Morgan fingerprint density at radius 2 is 1.33 bits per heavy atom. The van der Waals surface area contributed by atoms with Crippen molar-refractivity contribution in [2.75, 3.05) is 9.96 Å². The van der Waals surface area contributed by atoms with Gasteiger partial charge < -0.3 is 4.18 Å². The summed E-state index contributed by atoms with van der Waals surface area (Å²) >= 11 is 0. The molecule has 0 aromatic heterocycles. The van der Waals surface area contributed by atoms with Gasteiger partial charge in [-0.15, -0.1) is 0 Å². The summed E-state index contributed by atoms with van der Waals surface area (Å²) in [6, 6.07) is 27.1. The van der Waals surface area contributed by atoms with E-state index in [-0.39, 0.29) is 16.3 Å². The summed E-state index contributed by atoms with van der Waals surface area (Å²) in [5.74, 6) is -2.70. The van der Waals surface area contributed by atoms with Gasteiger partial charge in [0, 0.05) is 5.56 Å². The minimum Gasteiger partial charge on any atom is -0.379 e. The lowest BCUT2D eigenvalue weighted by molar-refractivity contribution is -0.126. The molecule has 2 saturated heterocycles. The fraction of sp³-hybridized carbons (Fsp3) is 0.103. The molecule has 8 nitrogen and oxygen atoms in total. The van der Waals surface area contributed by atoms with Crippen LogP contribution in [-0.4, -0.2) is 26.3 Å². The molecule has 0 bridgehead atoms. The van der Waals surface area contributed by atoms with Crippen molar-refractivity contribution in [1.29, 1.82) is 0 Å². The molecule has 4 aromatic carbocycles. The molecule has 0 spiro atoms. The van der Waals surface area contributed by atoms with E-state index in [1.165, 1.54) is 35.4 Å².